The third-order valence-corrected chi connectivity index (χ3v) is 3.78. The molecular formula is C18H29NO4. The van der Waals surface area contributed by atoms with E-state index in [-0.39, 0.29) is 23.7 Å². The fraction of sp³-hybridized carbons (Fsp3) is 0.722. The fourth-order valence-corrected chi connectivity index (χ4v) is 2.81. The van der Waals surface area contributed by atoms with Gasteiger partial charge in [-0.25, -0.2) is 4.79 Å². The van der Waals surface area contributed by atoms with Gasteiger partial charge in [-0.1, -0.05) is 6.08 Å². The first-order valence-electron chi connectivity index (χ1n) is 8.24. The summed E-state index contributed by atoms with van der Waals surface area (Å²) in [5.74, 6) is 0.402. The van der Waals surface area contributed by atoms with Crippen molar-refractivity contribution in [2.24, 2.45) is 5.92 Å². The Bertz CT molecular complexity index is 476. The van der Waals surface area contributed by atoms with E-state index in [9.17, 15) is 14.4 Å². The summed E-state index contributed by atoms with van der Waals surface area (Å²) in [6, 6.07) is -0.0876. The number of carbonyl (C=O) groups excluding carboxylic acids is 3. The van der Waals surface area contributed by atoms with E-state index in [0.29, 0.717) is 18.9 Å². The molecule has 0 aromatic rings. The van der Waals surface area contributed by atoms with Crippen LogP contribution in [0.4, 0.5) is 4.79 Å². The summed E-state index contributed by atoms with van der Waals surface area (Å²) in [6.07, 6.45) is 5.94. The number of amides is 1. The van der Waals surface area contributed by atoms with E-state index in [2.05, 4.69) is 0 Å². The van der Waals surface area contributed by atoms with Gasteiger partial charge in [0.05, 0.1) is 0 Å². The molecule has 5 nitrogen and oxygen atoms in total. The maximum absolute atomic E-state index is 12.5. The maximum atomic E-state index is 12.5. The van der Waals surface area contributed by atoms with Gasteiger partial charge >= 0.3 is 6.09 Å². The number of hydrogen-bond acceptors (Lipinski definition) is 4. The quantitative estimate of drug-likeness (QED) is 0.726. The molecule has 0 N–H and O–H groups in total. The molecule has 0 unspecified atom stereocenters. The maximum Gasteiger partial charge on any atom is 0.410 e. The average Bonchev–Trinajstić information content (AvgIpc) is 2.37. The number of likely N-dealkylation sites (tertiary alicyclic amines) is 1. The second kappa shape index (κ2) is 8.27. The zero-order valence-corrected chi connectivity index (χ0v) is 14.9. The molecule has 23 heavy (non-hydrogen) atoms. The molecule has 0 aromatic heterocycles. The van der Waals surface area contributed by atoms with Gasteiger partial charge in [-0.3, -0.25) is 9.59 Å². The van der Waals surface area contributed by atoms with E-state index in [1.807, 2.05) is 26.8 Å². The molecule has 5 heteroatoms. The van der Waals surface area contributed by atoms with E-state index >= 15 is 0 Å². The van der Waals surface area contributed by atoms with Crippen LogP contribution in [0, 0.1) is 5.92 Å². The van der Waals surface area contributed by atoms with E-state index in [4.69, 9.17) is 4.74 Å². The van der Waals surface area contributed by atoms with E-state index in [1.165, 1.54) is 6.92 Å². The lowest BCUT2D eigenvalue weighted by molar-refractivity contribution is -0.118. The summed E-state index contributed by atoms with van der Waals surface area (Å²) in [7, 11) is 0. The molecule has 0 bridgehead atoms. The summed E-state index contributed by atoms with van der Waals surface area (Å²) >= 11 is 0. The van der Waals surface area contributed by atoms with Crippen LogP contribution in [-0.2, 0) is 14.3 Å². The van der Waals surface area contributed by atoms with Crippen LogP contribution in [0.5, 0.6) is 0 Å². The van der Waals surface area contributed by atoms with Gasteiger partial charge in [0.2, 0.25) is 0 Å². The average molecular weight is 323 g/mol. The van der Waals surface area contributed by atoms with Crippen molar-refractivity contribution in [3.05, 3.63) is 12.2 Å². The topological polar surface area (TPSA) is 63.7 Å². The third kappa shape index (κ3) is 7.44. The highest BCUT2D eigenvalue weighted by Gasteiger charge is 2.34. The minimum atomic E-state index is -0.556. The van der Waals surface area contributed by atoms with Crippen LogP contribution in [-0.4, -0.2) is 40.7 Å². The highest BCUT2D eigenvalue weighted by atomic mass is 16.6. The van der Waals surface area contributed by atoms with Crippen molar-refractivity contribution in [1.82, 2.24) is 4.90 Å². The van der Waals surface area contributed by atoms with E-state index < -0.39 is 5.60 Å². The number of carbonyl (C=O) groups is 3. The molecule has 0 aliphatic carbocycles. The smallest absolute Gasteiger partial charge is 0.410 e. The third-order valence-electron chi connectivity index (χ3n) is 3.78. The predicted molar refractivity (Wildman–Crippen MR) is 89.2 cm³/mol. The van der Waals surface area contributed by atoms with Crippen molar-refractivity contribution in [2.75, 3.05) is 6.54 Å². The van der Waals surface area contributed by atoms with Crippen LogP contribution < -0.4 is 0 Å². The van der Waals surface area contributed by atoms with Crippen molar-refractivity contribution in [1.29, 1.82) is 0 Å². The molecule has 130 valence electrons. The van der Waals surface area contributed by atoms with Gasteiger partial charge < -0.3 is 9.64 Å². The Labute approximate surface area is 139 Å². The lowest BCUT2D eigenvalue weighted by atomic mass is 9.88. The Morgan fingerprint density at radius 1 is 1.17 bits per heavy atom. The highest BCUT2D eigenvalue weighted by Crippen LogP contribution is 2.28. The van der Waals surface area contributed by atoms with Gasteiger partial charge in [-0.2, -0.15) is 0 Å². The van der Waals surface area contributed by atoms with Crippen LogP contribution in [0.2, 0.25) is 0 Å². The number of ketones is 2. The van der Waals surface area contributed by atoms with Crippen LogP contribution in [0.25, 0.3) is 0 Å². The zero-order valence-electron chi connectivity index (χ0n) is 14.9. The molecular weight excluding hydrogens is 294 g/mol. The van der Waals surface area contributed by atoms with Crippen molar-refractivity contribution in [3.63, 3.8) is 0 Å². The van der Waals surface area contributed by atoms with E-state index in [1.54, 1.807) is 17.9 Å². The lowest BCUT2D eigenvalue weighted by Crippen LogP contribution is -2.49. The first kappa shape index (κ1) is 19.4. The Balaban J connectivity index is 2.76. The van der Waals surface area contributed by atoms with Gasteiger partial charge in [0, 0.05) is 19.0 Å². The number of Topliss-reactive ketones (excluding diaryl/α,β-unsaturated/α-hetero) is 1. The van der Waals surface area contributed by atoms with Crippen molar-refractivity contribution in [2.45, 2.75) is 71.9 Å². The molecule has 0 aromatic carbocycles. The molecule has 1 heterocycles. The number of allylic oxidation sites excluding steroid dienone is 2. The van der Waals surface area contributed by atoms with Crippen molar-refractivity contribution in [3.8, 4) is 0 Å². The molecule has 1 rings (SSSR count). The van der Waals surface area contributed by atoms with Gasteiger partial charge in [-0.05, 0) is 65.9 Å². The van der Waals surface area contributed by atoms with Gasteiger partial charge in [0.25, 0.3) is 0 Å². The first-order valence-corrected chi connectivity index (χ1v) is 8.24. The fourth-order valence-electron chi connectivity index (χ4n) is 2.81. The molecule has 1 saturated heterocycles. The summed E-state index contributed by atoms with van der Waals surface area (Å²) < 4.78 is 5.48. The zero-order chi connectivity index (χ0) is 17.6. The minimum absolute atomic E-state index is 0.0271. The molecule has 2 atom stereocenters. The minimum Gasteiger partial charge on any atom is -0.444 e. The van der Waals surface area contributed by atoms with Gasteiger partial charge in [0.15, 0.2) is 5.78 Å². The summed E-state index contributed by atoms with van der Waals surface area (Å²) in [5.41, 5.74) is -0.556. The summed E-state index contributed by atoms with van der Waals surface area (Å²) in [4.78, 5) is 36.6. The van der Waals surface area contributed by atoms with E-state index in [0.717, 1.165) is 19.3 Å². The number of ether oxygens (including phenoxy) is 1. The molecule has 1 aliphatic heterocycles. The summed E-state index contributed by atoms with van der Waals surface area (Å²) in [6.45, 7) is 9.14. The largest absolute Gasteiger partial charge is 0.444 e. The number of hydrogen-bond donors (Lipinski definition) is 0. The predicted octanol–water partition coefficient (Wildman–Crippen LogP) is 3.52. The summed E-state index contributed by atoms with van der Waals surface area (Å²) in [5, 5.41) is 0. The number of piperidine rings is 1. The lowest BCUT2D eigenvalue weighted by Gasteiger charge is -2.39. The molecule has 0 saturated carbocycles. The van der Waals surface area contributed by atoms with Gasteiger partial charge in [-0.15, -0.1) is 0 Å². The number of nitrogens with zero attached hydrogens (tertiary/aromatic N) is 1. The molecule has 1 amide bonds. The second-order valence-corrected chi connectivity index (χ2v) is 7.38. The Hall–Kier alpha value is -1.65. The van der Waals surface area contributed by atoms with Crippen LogP contribution in [0.15, 0.2) is 12.2 Å². The molecule has 1 aliphatic rings. The SMILES string of the molecule is CC(=O)/C=C/C[C@H]1CC[C@H](CC(C)=O)N(C(=O)OC(C)(C)C)C1. The first-order chi connectivity index (χ1) is 10.6. The molecule has 1 fully saturated rings. The van der Waals surface area contributed by atoms with Crippen molar-refractivity contribution < 1.29 is 19.1 Å². The Kier molecular flexibility index (Phi) is 6.98. The standard InChI is InChI=1S/C18H29NO4/c1-13(20)7-6-8-15-9-10-16(11-14(2)21)19(12-15)17(22)23-18(3,4)5/h6-7,15-16H,8-12H2,1-5H3/b7-6+/t15-,16+/m0/s1. The van der Waals surface area contributed by atoms with Crippen molar-refractivity contribution >= 4 is 17.7 Å². The number of rotatable bonds is 5. The normalized spacial score (nSPS) is 22.2. The van der Waals surface area contributed by atoms with Crippen LogP contribution in [0.1, 0.15) is 60.3 Å². The Morgan fingerprint density at radius 3 is 2.35 bits per heavy atom. The van der Waals surface area contributed by atoms with Gasteiger partial charge in [0.1, 0.15) is 11.4 Å². The monoisotopic (exact) mass is 323 g/mol. The van der Waals surface area contributed by atoms with Crippen LogP contribution in [0.3, 0.4) is 0 Å². The molecule has 0 radical (unpaired) electrons. The molecule has 0 spiro atoms. The highest BCUT2D eigenvalue weighted by molar-refractivity contribution is 5.87. The second-order valence-electron chi connectivity index (χ2n) is 7.38. The van der Waals surface area contributed by atoms with Crippen LogP contribution >= 0.6 is 0 Å². The Morgan fingerprint density at radius 2 is 1.83 bits per heavy atom.